The van der Waals surface area contributed by atoms with Crippen LogP contribution in [0.2, 0.25) is 0 Å². The second kappa shape index (κ2) is 9.10. The Balaban J connectivity index is 0.00000264. The summed E-state index contributed by atoms with van der Waals surface area (Å²) in [6.45, 7) is 5.31. The Morgan fingerprint density at radius 1 is 1.39 bits per heavy atom. The standard InChI is InChI=1S/C17H20FN3O.ClH/c1-13(2)17-20-10-12-21(17)11-9-19-16(22)8-7-14-5-3-4-6-15(14)18;/h3-8,10,12-13H,9,11H2,1-2H3,(H,19,22);1H. The van der Waals surface area contributed by atoms with E-state index in [1.807, 2.05) is 10.8 Å². The first-order valence-electron chi connectivity index (χ1n) is 7.29. The Morgan fingerprint density at radius 3 is 2.83 bits per heavy atom. The molecule has 1 aromatic carbocycles. The zero-order chi connectivity index (χ0) is 15.9. The van der Waals surface area contributed by atoms with Crippen LogP contribution in [0, 0.1) is 5.82 Å². The zero-order valence-electron chi connectivity index (χ0n) is 13.2. The summed E-state index contributed by atoms with van der Waals surface area (Å²) in [6.07, 6.45) is 6.48. The topological polar surface area (TPSA) is 46.9 Å². The van der Waals surface area contributed by atoms with Gasteiger partial charge < -0.3 is 9.88 Å². The van der Waals surface area contributed by atoms with Gasteiger partial charge in [0.1, 0.15) is 11.6 Å². The smallest absolute Gasteiger partial charge is 0.244 e. The quantitative estimate of drug-likeness (QED) is 0.821. The summed E-state index contributed by atoms with van der Waals surface area (Å²) in [5, 5.41) is 2.78. The third-order valence-corrected chi connectivity index (χ3v) is 3.24. The van der Waals surface area contributed by atoms with Gasteiger partial charge in [0.2, 0.25) is 5.91 Å². The molecule has 0 aliphatic carbocycles. The van der Waals surface area contributed by atoms with Crippen LogP contribution >= 0.6 is 12.4 Å². The van der Waals surface area contributed by atoms with Crippen LogP contribution in [-0.2, 0) is 11.3 Å². The molecule has 0 bridgehead atoms. The molecule has 1 aromatic heterocycles. The van der Waals surface area contributed by atoms with Crippen molar-refractivity contribution in [2.75, 3.05) is 6.54 Å². The van der Waals surface area contributed by atoms with E-state index in [1.165, 1.54) is 18.2 Å². The van der Waals surface area contributed by atoms with Crippen molar-refractivity contribution in [3.8, 4) is 0 Å². The molecule has 0 spiro atoms. The number of benzene rings is 1. The molecule has 0 unspecified atom stereocenters. The number of nitrogens with zero attached hydrogens (tertiary/aromatic N) is 2. The van der Waals surface area contributed by atoms with Crippen LogP contribution in [0.4, 0.5) is 4.39 Å². The molecule has 2 aromatic rings. The normalized spacial score (nSPS) is 10.8. The first kappa shape index (κ1) is 18.9. The van der Waals surface area contributed by atoms with Crippen LogP contribution in [0.25, 0.3) is 6.08 Å². The number of carbonyl (C=O) groups is 1. The average Bonchev–Trinajstić information content (AvgIpc) is 2.95. The first-order valence-corrected chi connectivity index (χ1v) is 7.29. The minimum atomic E-state index is -0.341. The van der Waals surface area contributed by atoms with Crippen molar-refractivity contribution in [2.24, 2.45) is 0 Å². The highest BCUT2D eigenvalue weighted by molar-refractivity contribution is 5.91. The molecule has 0 radical (unpaired) electrons. The van der Waals surface area contributed by atoms with Crippen LogP contribution in [0.15, 0.2) is 42.7 Å². The van der Waals surface area contributed by atoms with Crippen molar-refractivity contribution in [3.63, 3.8) is 0 Å². The zero-order valence-corrected chi connectivity index (χ0v) is 14.0. The van der Waals surface area contributed by atoms with Gasteiger partial charge in [0.25, 0.3) is 0 Å². The highest BCUT2D eigenvalue weighted by Gasteiger charge is 2.06. The van der Waals surface area contributed by atoms with E-state index >= 15 is 0 Å². The predicted molar refractivity (Wildman–Crippen MR) is 92.0 cm³/mol. The summed E-state index contributed by atoms with van der Waals surface area (Å²) < 4.78 is 15.4. The second-order valence-electron chi connectivity index (χ2n) is 5.28. The minimum absolute atomic E-state index is 0. The molecule has 1 N–H and O–H groups in total. The van der Waals surface area contributed by atoms with Crippen LogP contribution in [0.1, 0.15) is 31.2 Å². The maximum Gasteiger partial charge on any atom is 0.244 e. The summed E-state index contributed by atoms with van der Waals surface area (Å²) in [4.78, 5) is 16.0. The van der Waals surface area contributed by atoms with Gasteiger partial charge >= 0.3 is 0 Å². The van der Waals surface area contributed by atoms with E-state index < -0.39 is 0 Å². The lowest BCUT2D eigenvalue weighted by Gasteiger charge is -2.10. The molecule has 2 rings (SSSR count). The van der Waals surface area contributed by atoms with Gasteiger partial charge in [0.15, 0.2) is 0 Å². The molecule has 0 fully saturated rings. The molecule has 1 amide bonds. The number of nitrogens with one attached hydrogen (secondary N) is 1. The molecule has 4 nitrogen and oxygen atoms in total. The Hall–Kier alpha value is -2.14. The fourth-order valence-corrected chi connectivity index (χ4v) is 2.14. The number of amides is 1. The van der Waals surface area contributed by atoms with Crippen molar-refractivity contribution in [2.45, 2.75) is 26.3 Å². The van der Waals surface area contributed by atoms with Crippen molar-refractivity contribution >= 4 is 24.4 Å². The third-order valence-electron chi connectivity index (χ3n) is 3.24. The molecule has 0 atom stereocenters. The molecule has 0 aliphatic heterocycles. The summed E-state index contributed by atoms with van der Waals surface area (Å²) in [6, 6.07) is 6.33. The van der Waals surface area contributed by atoms with Crippen molar-refractivity contribution in [1.29, 1.82) is 0 Å². The number of hydrogen-bond donors (Lipinski definition) is 1. The van der Waals surface area contributed by atoms with Crippen molar-refractivity contribution in [3.05, 3.63) is 59.9 Å². The maximum atomic E-state index is 13.4. The number of carbonyl (C=O) groups excluding carboxylic acids is 1. The Labute approximate surface area is 141 Å². The maximum absolute atomic E-state index is 13.4. The summed E-state index contributed by atoms with van der Waals surface area (Å²) in [5.41, 5.74) is 0.398. The average molecular weight is 338 g/mol. The van der Waals surface area contributed by atoms with Gasteiger partial charge in [0, 0.05) is 43.0 Å². The van der Waals surface area contributed by atoms with E-state index in [4.69, 9.17) is 0 Å². The lowest BCUT2D eigenvalue weighted by Crippen LogP contribution is -2.25. The fraction of sp³-hybridized carbons (Fsp3) is 0.294. The summed E-state index contributed by atoms with van der Waals surface area (Å²) >= 11 is 0. The van der Waals surface area contributed by atoms with E-state index in [0.29, 0.717) is 24.6 Å². The SMILES string of the molecule is CC(C)c1nccn1CCNC(=O)C=Cc1ccccc1F.Cl. The molecule has 1 heterocycles. The molecule has 0 saturated heterocycles. The van der Waals surface area contributed by atoms with E-state index in [1.54, 1.807) is 24.4 Å². The third kappa shape index (κ3) is 5.53. The molecule has 0 aliphatic rings. The number of halogens is 2. The molecule has 124 valence electrons. The molecular weight excluding hydrogens is 317 g/mol. The highest BCUT2D eigenvalue weighted by Crippen LogP contribution is 2.11. The number of aromatic nitrogens is 2. The lowest BCUT2D eigenvalue weighted by molar-refractivity contribution is -0.116. The largest absolute Gasteiger partial charge is 0.351 e. The van der Waals surface area contributed by atoms with Gasteiger partial charge in [-0.05, 0) is 12.1 Å². The van der Waals surface area contributed by atoms with Gasteiger partial charge in [-0.1, -0.05) is 32.0 Å². The van der Waals surface area contributed by atoms with Crippen LogP contribution in [-0.4, -0.2) is 22.0 Å². The molecule has 0 saturated carbocycles. The number of rotatable bonds is 6. The van der Waals surface area contributed by atoms with E-state index in [-0.39, 0.29) is 24.1 Å². The monoisotopic (exact) mass is 337 g/mol. The van der Waals surface area contributed by atoms with Gasteiger partial charge in [-0.2, -0.15) is 0 Å². The van der Waals surface area contributed by atoms with E-state index in [0.717, 1.165) is 5.82 Å². The van der Waals surface area contributed by atoms with Crippen LogP contribution < -0.4 is 5.32 Å². The second-order valence-corrected chi connectivity index (χ2v) is 5.28. The lowest BCUT2D eigenvalue weighted by atomic mass is 10.2. The van der Waals surface area contributed by atoms with E-state index in [2.05, 4.69) is 24.1 Å². The number of imidazole rings is 1. The van der Waals surface area contributed by atoms with Gasteiger partial charge in [0.05, 0.1) is 0 Å². The van der Waals surface area contributed by atoms with Gasteiger partial charge in [-0.15, -0.1) is 12.4 Å². The summed E-state index contributed by atoms with van der Waals surface area (Å²) in [5.74, 6) is 0.754. The molecule has 23 heavy (non-hydrogen) atoms. The Bertz CT molecular complexity index is 667. The van der Waals surface area contributed by atoms with Crippen LogP contribution in [0.5, 0.6) is 0 Å². The Kier molecular flexibility index (Phi) is 7.48. The molecule has 6 heteroatoms. The minimum Gasteiger partial charge on any atom is -0.351 e. The molecular formula is C17H21ClFN3O. The van der Waals surface area contributed by atoms with Gasteiger partial charge in [-0.25, -0.2) is 9.37 Å². The highest BCUT2D eigenvalue weighted by atomic mass is 35.5. The predicted octanol–water partition coefficient (Wildman–Crippen LogP) is 3.40. The number of hydrogen-bond acceptors (Lipinski definition) is 2. The summed E-state index contributed by atoms with van der Waals surface area (Å²) in [7, 11) is 0. The van der Waals surface area contributed by atoms with Crippen molar-refractivity contribution < 1.29 is 9.18 Å². The van der Waals surface area contributed by atoms with Gasteiger partial charge in [-0.3, -0.25) is 4.79 Å². The fourth-order valence-electron chi connectivity index (χ4n) is 2.14. The van der Waals surface area contributed by atoms with E-state index in [9.17, 15) is 9.18 Å². The Morgan fingerprint density at radius 2 is 2.13 bits per heavy atom. The first-order chi connectivity index (χ1) is 10.6. The van der Waals surface area contributed by atoms with Crippen LogP contribution in [0.3, 0.4) is 0 Å². The van der Waals surface area contributed by atoms with Crippen molar-refractivity contribution in [1.82, 2.24) is 14.9 Å².